The highest BCUT2D eigenvalue weighted by Crippen LogP contribution is 2.32. The van der Waals surface area contributed by atoms with E-state index in [0.29, 0.717) is 12.2 Å². The molecule has 1 heterocycles. The summed E-state index contributed by atoms with van der Waals surface area (Å²) in [6.07, 6.45) is 6.38. The van der Waals surface area contributed by atoms with E-state index in [4.69, 9.17) is 0 Å². The number of ketones is 1. The van der Waals surface area contributed by atoms with Crippen molar-refractivity contribution < 1.29 is 4.79 Å². The minimum absolute atomic E-state index is 0.269. The lowest BCUT2D eigenvalue weighted by Gasteiger charge is -2.26. The summed E-state index contributed by atoms with van der Waals surface area (Å²) in [5.74, 6) is 1.51. The summed E-state index contributed by atoms with van der Waals surface area (Å²) in [5.41, 5.74) is 2.02. The standard InChI is InChI=1S/C16H25BrN2O/c1-4-12-6-8-13(9-7-12)15(20)10-14-16(17)11(3)18-19(14)5-2/h12-13H,4-10H2,1-3H3. The molecule has 2 rings (SSSR count). The van der Waals surface area contributed by atoms with Crippen LogP contribution in [0.15, 0.2) is 4.47 Å². The lowest BCUT2D eigenvalue weighted by atomic mass is 9.78. The first-order valence-electron chi connectivity index (χ1n) is 7.81. The van der Waals surface area contributed by atoms with E-state index in [9.17, 15) is 4.79 Å². The SMILES string of the molecule is CCC1CCC(C(=O)Cc2c(Br)c(C)nn2CC)CC1. The number of nitrogens with zero attached hydrogens (tertiary/aromatic N) is 2. The van der Waals surface area contributed by atoms with Gasteiger partial charge in [0.15, 0.2) is 0 Å². The Labute approximate surface area is 130 Å². The van der Waals surface area contributed by atoms with Crippen LogP contribution in [-0.2, 0) is 17.8 Å². The summed E-state index contributed by atoms with van der Waals surface area (Å²) >= 11 is 3.58. The van der Waals surface area contributed by atoms with E-state index in [1.165, 1.54) is 19.3 Å². The fourth-order valence-electron chi connectivity index (χ4n) is 3.24. The number of halogens is 1. The van der Waals surface area contributed by atoms with Gasteiger partial charge in [-0.1, -0.05) is 13.3 Å². The summed E-state index contributed by atoms with van der Waals surface area (Å²) in [5, 5.41) is 4.47. The molecular weight excluding hydrogens is 316 g/mol. The summed E-state index contributed by atoms with van der Waals surface area (Å²) in [6, 6.07) is 0. The molecule has 0 aromatic carbocycles. The second-order valence-electron chi connectivity index (χ2n) is 5.93. The van der Waals surface area contributed by atoms with Gasteiger partial charge < -0.3 is 0 Å². The van der Waals surface area contributed by atoms with Gasteiger partial charge in [-0.2, -0.15) is 5.10 Å². The Morgan fingerprint density at radius 2 is 1.95 bits per heavy atom. The van der Waals surface area contributed by atoms with Crippen LogP contribution in [0.4, 0.5) is 0 Å². The maximum Gasteiger partial charge on any atom is 0.141 e. The van der Waals surface area contributed by atoms with Crippen molar-refractivity contribution in [2.24, 2.45) is 11.8 Å². The van der Waals surface area contributed by atoms with E-state index in [-0.39, 0.29) is 5.92 Å². The van der Waals surface area contributed by atoms with Crippen molar-refractivity contribution in [1.82, 2.24) is 9.78 Å². The van der Waals surface area contributed by atoms with Gasteiger partial charge in [-0.3, -0.25) is 9.48 Å². The molecule has 0 bridgehead atoms. The third-order valence-electron chi connectivity index (χ3n) is 4.67. The van der Waals surface area contributed by atoms with Crippen molar-refractivity contribution in [3.05, 3.63) is 15.9 Å². The normalized spacial score (nSPS) is 23.0. The van der Waals surface area contributed by atoms with Crippen molar-refractivity contribution in [3.63, 3.8) is 0 Å². The topological polar surface area (TPSA) is 34.9 Å². The number of carbonyl (C=O) groups excluding carboxylic acids is 1. The maximum absolute atomic E-state index is 12.5. The van der Waals surface area contributed by atoms with Crippen molar-refractivity contribution in [2.45, 2.75) is 65.8 Å². The summed E-state index contributed by atoms with van der Waals surface area (Å²) in [4.78, 5) is 12.5. The van der Waals surface area contributed by atoms with Gasteiger partial charge in [0.05, 0.1) is 15.9 Å². The Morgan fingerprint density at radius 1 is 1.30 bits per heavy atom. The molecule has 0 atom stereocenters. The predicted octanol–water partition coefficient (Wildman–Crippen LogP) is 4.30. The van der Waals surface area contributed by atoms with Gasteiger partial charge in [0.2, 0.25) is 0 Å². The van der Waals surface area contributed by atoms with Crippen LogP contribution in [-0.4, -0.2) is 15.6 Å². The minimum Gasteiger partial charge on any atom is -0.299 e. The van der Waals surface area contributed by atoms with Crippen LogP contribution in [0.1, 0.15) is 57.3 Å². The predicted molar refractivity (Wildman–Crippen MR) is 84.8 cm³/mol. The first-order chi connectivity index (χ1) is 9.56. The minimum atomic E-state index is 0.269. The average molecular weight is 341 g/mol. The van der Waals surface area contributed by atoms with Crippen molar-refractivity contribution in [2.75, 3.05) is 0 Å². The van der Waals surface area contributed by atoms with E-state index >= 15 is 0 Å². The second kappa shape index (κ2) is 6.88. The van der Waals surface area contributed by atoms with E-state index in [1.54, 1.807) is 0 Å². The molecule has 1 aliphatic carbocycles. The molecule has 0 unspecified atom stereocenters. The molecule has 0 spiro atoms. The number of aryl methyl sites for hydroxylation is 2. The summed E-state index contributed by atoms with van der Waals surface area (Å²) < 4.78 is 2.96. The number of hydrogen-bond donors (Lipinski definition) is 0. The number of Topliss-reactive ketones (excluding diaryl/α,β-unsaturated/α-hetero) is 1. The first kappa shape index (κ1) is 15.7. The average Bonchev–Trinajstić information content (AvgIpc) is 2.75. The van der Waals surface area contributed by atoms with Crippen LogP contribution in [0.5, 0.6) is 0 Å². The molecule has 112 valence electrons. The largest absolute Gasteiger partial charge is 0.299 e. The quantitative estimate of drug-likeness (QED) is 0.800. The van der Waals surface area contributed by atoms with Crippen LogP contribution in [0.2, 0.25) is 0 Å². The molecule has 0 aliphatic heterocycles. The molecule has 1 fully saturated rings. The van der Waals surface area contributed by atoms with Crippen molar-refractivity contribution >= 4 is 21.7 Å². The lowest BCUT2D eigenvalue weighted by molar-refractivity contribution is -0.123. The summed E-state index contributed by atoms with van der Waals surface area (Å²) in [7, 11) is 0. The highest BCUT2D eigenvalue weighted by Gasteiger charge is 2.27. The van der Waals surface area contributed by atoms with Gasteiger partial charge in [-0.05, 0) is 61.4 Å². The maximum atomic E-state index is 12.5. The molecule has 1 saturated carbocycles. The molecule has 1 aliphatic rings. The van der Waals surface area contributed by atoms with Gasteiger partial charge in [-0.15, -0.1) is 0 Å². The van der Waals surface area contributed by atoms with Gasteiger partial charge in [0, 0.05) is 18.9 Å². The zero-order valence-corrected chi connectivity index (χ0v) is 14.4. The van der Waals surface area contributed by atoms with E-state index < -0.39 is 0 Å². The molecule has 0 radical (unpaired) electrons. The van der Waals surface area contributed by atoms with E-state index in [2.05, 4.69) is 34.9 Å². The highest BCUT2D eigenvalue weighted by molar-refractivity contribution is 9.10. The van der Waals surface area contributed by atoms with Gasteiger partial charge in [0.25, 0.3) is 0 Å². The van der Waals surface area contributed by atoms with Gasteiger partial charge >= 0.3 is 0 Å². The molecule has 3 nitrogen and oxygen atoms in total. The Morgan fingerprint density at radius 3 is 2.50 bits per heavy atom. The van der Waals surface area contributed by atoms with E-state index in [0.717, 1.165) is 41.2 Å². The Balaban J connectivity index is 2.02. The van der Waals surface area contributed by atoms with Crippen LogP contribution >= 0.6 is 15.9 Å². The van der Waals surface area contributed by atoms with Gasteiger partial charge in [0.1, 0.15) is 5.78 Å². The zero-order valence-electron chi connectivity index (χ0n) is 12.8. The van der Waals surface area contributed by atoms with Crippen LogP contribution in [0.25, 0.3) is 0 Å². The first-order valence-corrected chi connectivity index (χ1v) is 8.60. The van der Waals surface area contributed by atoms with Gasteiger partial charge in [-0.25, -0.2) is 0 Å². The lowest BCUT2D eigenvalue weighted by Crippen LogP contribution is -2.24. The smallest absolute Gasteiger partial charge is 0.141 e. The molecular formula is C16H25BrN2O. The van der Waals surface area contributed by atoms with Crippen molar-refractivity contribution in [1.29, 1.82) is 0 Å². The Bertz CT molecular complexity index is 473. The summed E-state index contributed by atoms with van der Waals surface area (Å²) in [6.45, 7) is 7.13. The monoisotopic (exact) mass is 340 g/mol. The van der Waals surface area contributed by atoms with Crippen LogP contribution in [0.3, 0.4) is 0 Å². The number of carbonyl (C=O) groups is 1. The second-order valence-corrected chi connectivity index (χ2v) is 6.72. The fraction of sp³-hybridized carbons (Fsp3) is 0.750. The molecule has 1 aromatic rings. The number of hydrogen-bond acceptors (Lipinski definition) is 2. The highest BCUT2D eigenvalue weighted by atomic mass is 79.9. The Kier molecular flexibility index (Phi) is 5.42. The molecule has 0 saturated heterocycles. The van der Waals surface area contributed by atoms with Crippen LogP contribution < -0.4 is 0 Å². The fourth-order valence-corrected chi connectivity index (χ4v) is 3.66. The van der Waals surface area contributed by atoms with E-state index in [1.807, 2.05) is 11.6 Å². The zero-order chi connectivity index (χ0) is 14.7. The molecule has 4 heteroatoms. The molecule has 1 aromatic heterocycles. The van der Waals surface area contributed by atoms with Crippen LogP contribution in [0, 0.1) is 18.8 Å². The number of aromatic nitrogens is 2. The number of rotatable bonds is 5. The van der Waals surface area contributed by atoms with Crippen molar-refractivity contribution in [3.8, 4) is 0 Å². The third-order valence-corrected chi connectivity index (χ3v) is 5.71. The Hall–Kier alpha value is -0.640. The molecule has 0 N–H and O–H groups in total. The molecule has 20 heavy (non-hydrogen) atoms. The molecule has 0 amide bonds. The third kappa shape index (κ3) is 3.33.